The number of nitrogens with zero attached hydrogens (tertiary/aromatic N) is 3. The molecule has 0 bridgehead atoms. The van der Waals surface area contributed by atoms with E-state index in [1.807, 2.05) is 72.8 Å². The number of fused-ring (bicyclic) bond motifs is 1. The molecule has 1 aromatic heterocycles. The van der Waals surface area contributed by atoms with Crippen molar-refractivity contribution in [3.8, 4) is 5.69 Å². The second-order valence-corrected chi connectivity index (χ2v) is 11.0. The zero-order chi connectivity index (χ0) is 25.0. The van der Waals surface area contributed by atoms with E-state index in [4.69, 9.17) is 0 Å². The number of aromatic nitrogens is 3. The predicted molar refractivity (Wildman–Crippen MR) is 142 cm³/mol. The van der Waals surface area contributed by atoms with E-state index in [-0.39, 0.29) is 28.1 Å². The highest BCUT2D eigenvalue weighted by atomic mass is 32.2. The van der Waals surface area contributed by atoms with Crippen LogP contribution in [0.25, 0.3) is 16.5 Å². The van der Waals surface area contributed by atoms with Crippen LogP contribution in [0.3, 0.4) is 0 Å². The molecule has 0 aliphatic heterocycles. The van der Waals surface area contributed by atoms with Crippen molar-refractivity contribution in [2.75, 3.05) is 11.1 Å². The van der Waals surface area contributed by atoms with E-state index in [2.05, 4.69) is 15.5 Å². The highest BCUT2D eigenvalue weighted by molar-refractivity contribution is 7.99. The first-order valence-corrected chi connectivity index (χ1v) is 13.8. The summed E-state index contributed by atoms with van der Waals surface area (Å²) in [7, 11) is -3.63. The van der Waals surface area contributed by atoms with Gasteiger partial charge in [-0.05, 0) is 47.2 Å². The number of para-hydroxylation sites is 1. The summed E-state index contributed by atoms with van der Waals surface area (Å²) in [5.41, 5.74) is 1.43. The summed E-state index contributed by atoms with van der Waals surface area (Å²) in [5, 5.41) is 13.9. The lowest BCUT2D eigenvalue weighted by atomic mass is 10.1. The van der Waals surface area contributed by atoms with Gasteiger partial charge in [-0.25, -0.2) is 8.42 Å². The van der Waals surface area contributed by atoms with E-state index < -0.39 is 9.84 Å². The molecule has 9 heteroatoms. The van der Waals surface area contributed by atoms with Gasteiger partial charge in [0.25, 0.3) is 0 Å². The Kier molecular flexibility index (Phi) is 6.84. The van der Waals surface area contributed by atoms with Crippen LogP contribution in [-0.2, 0) is 20.4 Å². The second-order valence-electron chi connectivity index (χ2n) is 8.04. The Labute approximate surface area is 213 Å². The van der Waals surface area contributed by atoms with Gasteiger partial charge in [0.15, 0.2) is 20.8 Å². The second kappa shape index (κ2) is 10.3. The largest absolute Gasteiger partial charge is 0.325 e. The van der Waals surface area contributed by atoms with E-state index in [1.54, 1.807) is 34.9 Å². The van der Waals surface area contributed by atoms with E-state index in [0.29, 0.717) is 10.8 Å². The van der Waals surface area contributed by atoms with Crippen molar-refractivity contribution < 1.29 is 13.2 Å². The lowest BCUT2D eigenvalue weighted by molar-refractivity contribution is -0.113. The van der Waals surface area contributed by atoms with E-state index >= 15 is 0 Å². The molecule has 180 valence electrons. The fourth-order valence-corrected chi connectivity index (χ4v) is 5.84. The number of amides is 1. The van der Waals surface area contributed by atoms with Crippen molar-refractivity contribution in [2.45, 2.75) is 15.8 Å². The highest BCUT2D eigenvalue weighted by Crippen LogP contribution is 2.25. The molecule has 5 aromatic rings. The number of hydrogen-bond acceptors (Lipinski definition) is 6. The molecule has 1 amide bonds. The maximum atomic E-state index is 13.0. The molecule has 0 unspecified atom stereocenters. The van der Waals surface area contributed by atoms with Gasteiger partial charge in [0, 0.05) is 11.4 Å². The summed E-state index contributed by atoms with van der Waals surface area (Å²) < 4.78 is 27.7. The first-order valence-electron chi connectivity index (χ1n) is 11.2. The highest BCUT2D eigenvalue weighted by Gasteiger charge is 2.23. The number of benzene rings is 4. The third-order valence-corrected chi connectivity index (χ3v) is 8.06. The first-order chi connectivity index (χ1) is 17.5. The SMILES string of the molecule is O=C(CSc1nnc(CS(=O)(=O)c2ccccc2)n1-c1ccccc1)Nc1ccc2ccccc2c1. The van der Waals surface area contributed by atoms with Crippen LogP contribution in [0, 0.1) is 0 Å². The molecule has 0 spiro atoms. The van der Waals surface area contributed by atoms with Gasteiger partial charge < -0.3 is 5.32 Å². The number of carbonyl (C=O) groups is 1. The maximum Gasteiger partial charge on any atom is 0.234 e. The molecular formula is C27H22N4O3S2. The van der Waals surface area contributed by atoms with Gasteiger partial charge in [0.2, 0.25) is 5.91 Å². The molecule has 7 nitrogen and oxygen atoms in total. The Morgan fingerprint density at radius 2 is 1.47 bits per heavy atom. The Hall–Kier alpha value is -3.95. The van der Waals surface area contributed by atoms with Gasteiger partial charge in [-0.1, -0.05) is 78.5 Å². The van der Waals surface area contributed by atoms with Crippen molar-refractivity contribution >= 4 is 44.0 Å². The van der Waals surface area contributed by atoms with Crippen LogP contribution < -0.4 is 5.32 Å². The van der Waals surface area contributed by atoms with Gasteiger partial charge in [0.1, 0.15) is 5.75 Å². The van der Waals surface area contributed by atoms with Crippen LogP contribution in [0.2, 0.25) is 0 Å². The monoisotopic (exact) mass is 514 g/mol. The Bertz CT molecular complexity index is 1620. The molecule has 0 saturated carbocycles. The zero-order valence-electron chi connectivity index (χ0n) is 19.1. The van der Waals surface area contributed by atoms with Crippen molar-refractivity contribution in [1.29, 1.82) is 0 Å². The predicted octanol–water partition coefficient (Wildman–Crippen LogP) is 5.13. The molecule has 36 heavy (non-hydrogen) atoms. The lowest BCUT2D eigenvalue weighted by Gasteiger charge is -2.11. The minimum absolute atomic E-state index is 0.0865. The van der Waals surface area contributed by atoms with Crippen LogP contribution in [0.4, 0.5) is 5.69 Å². The van der Waals surface area contributed by atoms with Gasteiger partial charge in [-0.15, -0.1) is 10.2 Å². The van der Waals surface area contributed by atoms with Crippen LogP contribution in [0.1, 0.15) is 5.82 Å². The summed E-state index contributed by atoms with van der Waals surface area (Å²) in [4.78, 5) is 12.9. The number of anilines is 1. The summed E-state index contributed by atoms with van der Waals surface area (Å²) >= 11 is 1.20. The Balaban J connectivity index is 1.36. The molecule has 5 rings (SSSR count). The van der Waals surface area contributed by atoms with Crippen LogP contribution in [0.5, 0.6) is 0 Å². The average Bonchev–Trinajstić information content (AvgIpc) is 3.30. The fourth-order valence-electron chi connectivity index (χ4n) is 3.80. The van der Waals surface area contributed by atoms with Gasteiger partial charge in [-0.2, -0.15) is 0 Å². The van der Waals surface area contributed by atoms with E-state index in [1.165, 1.54) is 11.8 Å². The molecule has 0 fully saturated rings. The molecule has 4 aromatic carbocycles. The number of rotatable bonds is 8. The lowest BCUT2D eigenvalue weighted by Crippen LogP contribution is -2.15. The fraction of sp³-hybridized carbons (Fsp3) is 0.0741. The van der Waals surface area contributed by atoms with E-state index in [0.717, 1.165) is 16.5 Å². The third-order valence-electron chi connectivity index (χ3n) is 5.50. The standard InChI is InChI=1S/C27H22N4O3S2/c32-26(28-22-16-15-20-9-7-8-10-21(20)17-22)18-35-27-30-29-25(31(27)23-11-3-1-4-12-23)19-36(33,34)24-13-5-2-6-14-24/h1-17H,18-19H2,(H,28,32). The van der Waals surface area contributed by atoms with Gasteiger partial charge in [-0.3, -0.25) is 9.36 Å². The van der Waals surface area contributed by atoms with Gasteiger partial charge >= 0.3 is 0 Å². The summed E-state index contributed by atoms with van der Waals surface area (Å²) in [5.74, 6) is -0.148. The maximum absolute atomic E-state index is 13.0. The van der Waals surface area contributed by atoms with Crippen molar-refractivity contribution in [2.24, 2.45) is 0 Å². The van der Waals surface area contributed by atoms with Crippen LogP contribution in [0.15, 0.2) is 113 Å². The molecule has 0 atom stereocenters. The smallest absolute Gasteiger partial charge is 0.234 e. The van der Waals surface area contributed by atoms with Crippen LogP contribution in [-0.4, -0.2) is 34.8 Å². The third kappa shape index (κ3) is 5.32. The average molecular weight is 515 g/mol. The molecule has 0 aliphatic rings. The minimum atomic E-state index is -3.63. The number of carbonyl (C=O) groups excluding carboxylic acids is 1. The first kappa shape index (κ1) is 23.8. The van der Waals surface area contributed by atoms with E-state index in [9.17, 15) is 13.2 Å². The number of sulfone groups is 1. The number of hydrogen-bond donors (Lipinski definition) is 1. The number of thioether (sulfide) groups is 1. The minimum Gasteiger partial charge on any atom is -0.325 e. The Morgan fingerprint density at radius 1 is 0.806 bits per heavy atom. The molecule has 0 radical (unpaired) electrons. The van der Waals surface area contributed by atoms with Crippen molar-refractivity contribution in [3.05, 3.63) is 109 Å². The summed E-state index contributed by atoms with van der Waals surface area (Å²) in [6.07, 6.45) is 0. The summed E-state index contributed by atoms with van der Waals surface area (Å²) in [6.45, 7) is 0. The van der Waals surface area contributed by atoms with Crippen molar-refractivity contribution in [3.63, 3.8) is 0 Å². The zero-order valence-corrected chi connectivity index (χ0v) is 20.7. The normalized spacial score (nSPS) is 11.4. The van der Waals surface area contributed by atoms with Gasteiger partial charge in [0.05, 0.1) is 10.6 Å². The van der Waals surface area contributed by atoms with Crippen LogP contribution >= 0.6 is 11.8 Å². The molecular weight excluding hydrogens is 492 g/mol. The topological polar surface area (TPSA) is 94.0 Å². The molecule has 1 N–H and O–H groups in total. The molecule has 1 heterocycles. The Morgan fingerprint density at radius 3 is 2.22 bits per heavy atom. The number of nitrogens with one attached hydrogen (secondary N) is 1. The molecule has 0 aliphatic carbocycles. The quantitative estimate of drug-likeness (QED) is 0.289. The van der Waals surface area contributed by atoms with Crippen molar-refractivity contribution in [1.82, 2.24) is 14.8 Å². The molecule has 0 saturated heterocycles. The summed E-state index contributed by atoms with van der Waals surface area (Å²) in [6, 6.07) is 31.2.